The summed E-state index contributed by atoms with van der Waals surface area (Å²) in [6.07, 6.45) is 3.53. The molecule has 10 rings (SSSR count). The van der Waals surface area contributed by atoms with Crippen LogP contribution >= 0.6 is 0 Å². The topological polar surface area (TPSA) is 46.0 Å². The van der Waals surface area contributed by atoms with Crippen molar-refractivity contribution in [3.63, 3.8) is 0 Å². The molecule has 0 spiro atoms. The van der Waals surface area contributed by atoms with Crippen LogP contribution in [0.25, 0.3) is 50.0 Å². The molecule has 3 aromatic heterocycles. The number of rotatable bonds is 7. The Morgan fingerprint density at radius 3 is 1.98 bits per heavy atom. The number of aryl methyl sites for hydroxylation is 4. The van der Waals surface area contributed by atoms with Crippen molar-refractivity contribution in [2.45, 2.75) is 53.6 Å². The number of hydrogen-bond donors (Lipinski definition) is 0. The lowest BCUT2D eigenvalue weighted by Gasteiger charge is -2.20. The van der Waals surface area contributed by atoms with E-state index >= 15 is 0 Å². The van der Waals surface area contributed by atoms with Crippen molar-refractivity contribution in [2.75, 3.05) is 0 Å². The predicted molar refractivity (Wildman–Crippen MR) is 252 cm³/mol. The second-order valence-corrected chi connectivity index (χ2v) is 16.1. The molecule has 0 saturated carbocycles. The summed E-state index contributed by atoms with van der Waals surface area (Å²) < 4.78 is 115. The molecule has 0 amide bonds. The van der Waals surface area contributed by atoms with Gasteiger partial charge in [0.25, 0.3) is 11.4 Å². The highest BCUT2D eigenvalue weighted by atomic mass is 16.5. The minimum atomic E-state index is -2.73. The van der Waals surface area contributed by atoms with E-state index in [4.69, 9.17) is 31.2 Å². The minimum absolute atomic E-state index is 0.00573. The Morgan fingerprint density at radius 1 is 0.574 bits per heavy atom. The van der Waals surface area contributed by atoms with E-state index in [0.717, 1.165) is 27.5 Å². The third-order valence-corrected chi connectivity index (χ3v) is 11.1. The second-order valence-electron chi connectivity index (χ2n) is 16.1. The molecule has 0 N–H and O–H groups in total. The molecule has 296 valence electrons. The molecule has 1 aliphatic heterocycles. The van der Waals surface area contributed by atoms with Crippen LogP contribution in [0.5, 0.6) is 11.5 Å². The summed E-state index contributed by atoms with van der Waals surface area (Å²) in [4.78, 5) is 9.55. The smallest absolute Gasteiger partial charge is 0.457 e. The van der Waals surface area contributed by atoms with E-state index in [1.807, 2.05) is 65.2 Å². The largest absolute Gasteiger partial charge is 0.503 e. The summed E-state index contributed by atoms with van der Waals surface area (Å²) >= 11 is 0. The van der Waals surface area contributed by atoms with Crippen molar-refractivity contribution < 1.29 is 21.2 Å². The van der Waals surface area contributed by atoms with E-state index in [0.29, 0.717) is 39.9 Å². The maximum Gasteiger partial charge on any atom is 0.503 e. The van der Waals surface area contributed by atoms with Crippen molar-refractivity contribution in [3.8, 4) is 39.6 Å². The van der Waals surface area contributed by atoms with Crippen LogP contribution in [0.3, 0.4) is 0 Å². The van der Waals surface area contributed by atoms with E-state index in [1.54, 1.807) is 64.0 Å². The van der Waals surface area contributed by atoms with E-state index in [9.17, 15) is 0 Å². The number of ether oxygens (including phenoxy) is 1. The first-order valence-corrected chi connectivity index (χ1v) is 19.9. The highest BCUT2D eigenvalue weighted by Gasteiger charge is 2.38. The minimum Gasteiger partial charge on any atom is -0.457 e. The van der Waals surface area contributed by atoms with Gasteiger partial charge in [-0.1, -0.05) is 81.4 Å². The summed E-state index contributed by atoms with van der Waals surface area (Å²) in [5.41, 5.74) is 5.27. The van der Waals surface area contributed by atoms with Crippen LogP contribution in [0.1, 0.15) is 65.0 Å². The summed E-state index contributed by atoms with van der Waals surface area (Å²) in [6.45, 7) is -4.39. The third-order valence-electron chi connectivity index (χ3n) is 11.1. The molecule has 0 unspecified atom stereocenters. The molecule has 0 fully saturated rings. The molecular formula is C55H47N5O+2. The Bertz CT molecular complexity index is 3690. The summed E-state index contributed by atoms with van der Waals surface area (Å²) in [7, 11) is 0. The van der Waals surface area contributed by atoms with Crippen LogP contribution in [-0.4, -0.2) is 20.5 Å². The van der Waals surface area contributed by atoms with Gasteiger partial charge in [0, 0.05) is 64.6 Å². The monoisotopic (exact) mass is 805 g/mol. The number of para-hydroxylation sites is 3. The number of aromatic nitrogens is 3. The Morgan fingerprint density at radius 2 is 1.26 bits per heavy atom. The Hall–Kier alpha value is -7.40. The molecule has 61 heavy (non-hydrogen) atoms. The Balaban J connectivity index is 1.23. The van der Waals surface area contributed by atoms with Gasteiger partial charge in [-0.25, -0.2) is 4.98 Å². The number of pyridine rings is 2. The lowest BCUT2D eigenvalue weighted by Crippen LogP contribution is -2.12. The molecule has 6 heteroatoms. The first-order chi connectivity index (χ1) is 34.4. The quantitative estimate of drug-likeness (QED) is 0.151. The molecule has 4 heterocycles. The molecule has 0 bridgehead atoms. The van der Waals surface area contributed by atoms with Gasteiger partial charge in [0.15, 0.2) is 0 Å². The van der Waals surface area contributed by atoms with Gasteiger partial charge in [-0.05, 0) is 135 Å². The van der Waals surface area contributed by atoms with Crippen molar-refractivity contribution in [2.24, 2.45) is 0 Å². The first-order valence-electron chi connectivity index (χ1n) is 25.9. The van der Waals surface area contributed by atoms with Crippen LogP contribution in [0.4, 0.5) is 22.7 Å². The number of benzene rings is 6. The fourth-order valence-corrected chi connectivity index (χ4v) is 8.20. The summed E-state index contributed by atoms with van der Waals surface area (Å²) in [5, 5.41) is 0.847. The zero-order valence-electron chi connectivity index (χ0n) is 45.7. The average molecular weight is 806 g/mol. The second kappa shape index (κ2) is 14.7. The summed E-state index contributed by atoms with van der Waals surface area (Å²) in [6, 6.07) is 44.7. The molecule has 0 aliphatic carbocycles. The van der Waals surface area contributed by atoms with Crippen LogP contribution in [0.15, 0.2) is 158 Å². The average Bonchev–Trinajstić information content (AvgIpc) is 3.88. The van der Waals surface area contributed by atoms with Crippen LogP contribution in [0.2, 0.25) is 0 Å². The first kappa shape index (κ1) is 26.6. The van der Waals surface area contributed by atoms with Crippen molar-refractivity contribution in [3.05, 3.63) is 186 Å². The van der Waals surface area contributed by atoms with Gasteiger partial charge in [0.05, 0.1) is 28.2 Å². The van der Waals surface area contributed by atoms with Gasteiger partial charge in [-0.2, -0.15) is 0 Å². The SMILES string of the molecule is [2H]C([2H])([2H])c1cccc(C([2H])([2H])[2H])c1-c1cc(Oc2ccc3c4ncccc4n(-c4cc(C(C)(C)C)ccn4)c3c2)cc([N+]2=C=[N+](c3ccccc3-c3c(C([2H])([2H])[2H])cccc3C([2H])([2H])[2H])c3ccccc32)c1. The predicted octanol–water partition coefficient (Wildman–Crippen LogP) is 14.1. The molecule has 9 aromatic rings. The van der Waals surface area contributed by atoms with Gasteiger partial charge in [0.1, 0.15) is 17.3 Å². The number of fused-ring (bicyclic) bond motifs is 4. The highest BCUT2D eigenvalue weighted by Crippen LogP contribution is 2.43. The van der Waals surface area contributed by atoms with Crippen LogP contribution < -0.4 is 13.9 Å². The molecule has 1 aliphatic rings. The zero-order chi connectivity index (χ0) is 52.0. The zero-order valence-corrected chi connectivity index (χ0v) is 33.7. The lowest BCUT2D eigenvalue weighted by atomic mass is 9.88. The van der Waals surface area contributed by atoms with Crippen molar-refractivity contribution >= 4 is 50.7 Å². The maximum atomic E-state index is 8.60. The normalized spacial score (nSPS) is 16.2. The van der Waals surface area contributed by atoms with Crippen molar-refractivity contribution in [1.82, 2.24) is 23.7 Å². The van der Waals surface area contributed by atoms with Gasteiger partial charge in [-0.3, -0.25) is 9.55 Å². The van der Waals surface area contributed by atoms with Crippen molar-refractivity contribution in [1.29, 1.82) is 0 Å². The molecule has 0 radical (unpaired) electrons. The molecule has 0 atom stereocenters. The van der Waals surface area contributed by atoms with Gasteiger partial charge in [-0.15, -0.1) is 0 Å². The maximum absolute atomic E-state index is 8.60. The highest BCUT2D eigenvalue weighted by molar-refractivity contribution is 6.07. The third kappa shape index (κ3) is 6.62. The molecule has 6 nitrogen and oxygen atoms in total. The van der Waals surface area contributed by atoms with E-state index in [2.05, 4.69) is 32.8 Å². The fraction of sp³-hybridized carbons (Fsp3) is 0.145. The van der Waals surface area contributed by atoms with Crippen LogP contribution in [-0.2, 0) is 5.41 Å². The van der Waals surface area contributed by atoms with Gasteiger partial charge >= 0.3 is 6.01 Å². The van der Waals surface area contributed by atoms with E-state index in [-0.39, 0.29) is 50.1 Å². The standard InChI is InChI=1S/C55H47N5O/c1-35-15-12-16-36(2)52(35)39-29-41(58-34-59(48-22-11-10-21-47(48)58)46-20-9-8-19-44(46)53-37(3)17-13-18-38(53)4)32-43(30-39)61-42-24-25-45-50(33-42)60(49-23-14-27-57-54(45)49)51-31-40(26-28-56-51)55(5,6)7/h8-33H,1-7H3/q+2/i1D3,2D3,3D3,4D3. The van der Waals surface area contributed by atoms with E-state index in [1.165, 1.54) is 36.4 Å². The number of nitrogens with zero attached hydrogens (tertiary/aromatic N) is 5. The molecule has 0 saturated heterocycles. The molecule has 6 aromatic carbocycles. The van der Waals surface area contributed by atoms with E-state index < -0.39 is 27.4 Å². The lowest BCUT2D eigenvalue weighted by molar-refractivity contribution is 0.483. The van der Waals surface area contributed by atoms with Gasteiger partial charge in [0.2, 0.25) is 11.4 Å². The molecular weight excluding hydrogens is 747 g/mol. The van der Waals surface area contributed by atoms with Crippen LogP contribution in [0, 0.1) is 27.4 Å². The Labute approximate surface area is 373 Å². The Kier molecular flexibility index (Phi) is 6.42. The number of hydrogen-bond acceptors (Lipinski definition) is 3. The van der Waals surface area contributed by atoms with Gasteiger partial charge < -0.3 is 4.74 Å². The summed E-state index contributed by atoms with van der Waals surface area (Å²) in [5.74, 6) is 1.31. The fourth-order valence-electron chi connectivity index (χ4n) is 8.20.